The van der Waals surface area contributed by atoms with Crippen LogP contribution in [0.2, 0.25) is 0 Å². The van der Waals surface area contributed by atoms with E-state index >= 15 is 0 Å². The van der Waals surface area contributed by atoms with Crippen LogP contribution in [0, 0.1) is 0 Å². The van der Waals surface area contributed by atoms with Crippen LogP contribution in [-0.4, -0.2) is 70.2 Å². The van der Waals surface area contributed by atoms with Gasteiger partial charge in [0.2, 0.25) is 0 Å². The number of benzene rings is 2. The smallest absolute Gasteiger partial charge is 0.273 e. The molecule has 2 aromatic heterocycles. The molecule has 10 heteroatoms. The third-order valence-corrected chi connectivity index (χ3v) is 8.07. The Morgan fingerprint density at radius 2 is 1.92 bits per heavy atom. The van der Waals surface area contributed by atoms with Crippen molar-refractivity contribution in [2.24, 2.45) is 0 Å². The Morgan fingerprint density at radius 1 is 1.16 bits per heavy atom. The highest BCUT2D eigenvalue weighted by molar-refractivity contribution is 7.09. The molecule has 1 aliphatic heterocycles. The molecule has 0 N–H and O–H groups in total. The molecule has 0 bridgehead atoms. The lowest BCUT2D eigenvalue weighted by Crippen LogP contribution is -2.38. The van der Waals surface area contributed by atoms with Crippen LogP contribution in [0.15, 0.2) is 52.5 Å². The number of methoxy groups -OCH3 is 1. The zero-order valence-corrected chi connectivity index (χ0v) is 21.9. The number of hydrogen-bond donors (Lipinski definition) is 0. The lowest BCUT2D eigenvalue weighted by Gasteiger charge is -2.31. The molecule has 37 heavy (non-hydrogen) atoms. The van der Waals surface area contributed by atoms with Crippen LogP contribution >= 0.6 is 11.3 Å². The predicted molar refractivity (Wildman–Crippen MR) is 140 cm³/mol. The minimum absolute atomic E-state index is 0.0181. The van der Waals surface area contributed by atoms with Gasteiger partial charge in [0.05, 0.1) is 12.1 Å². The number of ether oxygens (including phenoxy) is 1. The molecule has 1 unspecified atom stereocenters. The van der Waals surface area contributed by atoms with Crippen LogP contribution in [0.1, 0.15) is 57.1 Å². The van der Waals surface area contributed by atoms with E-state index in [2.05, 4.69) is 10.3 Å². The number of rotatable bonds is 7. The van der Waals surface area contributed by atoms with E-state index in [-0.39, 0.29) is 23.8 Å². The van der Waals surface area contributed by atoms with Gasteiger partial charge in [-0.1, -0.05) is 18.2 Å². The molecule has 9 nitrogen and oxygen atoms in total. The zero-order chi connectivity index (χ0) is 25.9. The molecule has 2 aromatic carbocycles. The van der Waals surface area contributed by atoms with Crippen molar-refractivity contribution in [3.63, 3.8) is 0 Å². The van der Waals surface area contributed by atoms with Crippen molar-refractivity contribution in [1.82, 2.24) is 25.1 Å². The Kier molecular flexibility index (Phi) is 7.18. The number of aromatic nitrogens is 3. The summed E-state index contributed by atoms with van der Waals surface area (Å²) in [4.78, 5) is 34.5. The molecular formula is C27H29N5O4S. The number of likely N-dealkylation sites (tertiary alicyclic amines) is 1. The molecule has 0 saturated carbocycles. The summed E-state index contributed by atoms with van der Waals surface area (Å²) in [5, 5.41) is 10.4. The summed E-state index contributed by atoms with van der Waals surface area (Å²) in [6.45, 7) is 3.30. The molecule has 1 atom stereocenters. The van der Waals surface area contributed by atoms with E-state index < -0.39 is 0 Å². The lowest BCUT2D eigenvalue weighted by molar-refractivity contribution is 0.0712. The molecule has 1 fully saturated rings. The van der Waals surface area contributed by atoms with E-state index in [1.807, 2.05) is 48.5 Å². The van der Waals surface area contributed by atoms with E-state index in [4.69, 9.17) is 14.3 Å². The molecule has 1 saturated heterocycles. The van der Waals surface area contributed by atoms with Gasteiger partial charge in [-0.25, -0.2) is 9.61 Å². The molecule has 0 spiro atoms. The maximum Gasteiger partial charge on any atom is 0.273 e. The fourth-order valence-electron chi connectivity index (χ4n) is 4.71. The predicted octanol–water partition coefficient (Wildman–Crippen LogP) is 4.41. The van der Waals surface area contributed by atoms with Gasteiger partial charge in [-0.15, -0.1) is 11.3 Å². The second-order valence-corrected chi connectivity index (χ2v) is 10.3. The second kappa shape index (κ2) is 10.7. The van der Waals surface area contributed by atoms with E-state index in [9.17, 15) is 9.59 Å². The van der Waals surface area contributed by atoms with Crippen molar-refractivity contribution in [3.8, 4) is 5.75 Å². The SMILES string of the molecule is COc1ccccc1CC(C)N(C)C(=O)c1csc(C2CCN(C(=O)c3ccc4nonc4c3)CC2)n1. The zero-order valence-electron chi connectivity index (χ0n) is 21.1. The van der Waals surface area contributed by atoms with Crippen LogP contribution < -0.4 is 4.74 Å². The monoisotopic (exact) mass is 519 g/mol. The molecular weight excluding hydrogens is 490 g/mol. The fourth-order valence-corrected chi connectivity index (χ4v) is 5.67. The third kappa shape index (κ3) is 5.20. The minimum atomic E-state index is -0.0877. The van der Waals surface area contributed by atoms with Crippen LogP contribution in [0.4, 0.5) is 0 Å². The van der Waals surface area contributed by atoms with Crippen molar-refractivity contribution in [2.75, 3.05) is 27.2 Å². The molecule has 4 aromatic rings. The van der Waals surface area contributed by atoms with Crippen LogP contribution in [-0.2, 0) is 6.42 Å². The van der Waals surface area contributed by atoms with Crippen LogP contribution in [0.3, 0.4) is 0 Å². The van der Waals surface area contributed by atoms with Crippen LogP contribution in [0.5, 0.6) is 5.75 Å². The van der Waals surface area contributed by atoms with Gasteiger partial charge in [0, 0.05) is 43.0 Å². The Labute approximate surface area is 219 Å². The molecule has 0 radical (unpaired) electrons. The van der Waals surface area contributed by atoms with Gasteiger partial charge in [0.25, 0.3) is 11.8 Å². The number of para-hydroxylation sites is 1. The number of carbonyl (C=O) groups excluding carboxylic acids is 2. The quantitative estimate of drug-likeness (QED) is 0.356. The Morgan fingerprint density at radius 3 is 2.70 bits per heavy atom. The molecule has 0 aliphatic carbocycles. The average Bonchev–Trinajstić information content (AvgIpc) is 3.62. The van der Waals surface area contributed by atoms with E-state index in [0.29, 0.717) is 41.8 Å². The summed E-state index contributed by atoms with van der Waals surface area (Å²) >= 11 is 1.52. The van der Waals surface area contributed by atoms with Gasteiger partial charge in [-0.3, -0.25) is 9.59 Å². The molecule has 1 aliphatic rings. The van der Waals surface area contributed by atoms with Gasteiger partial charge < -0.3 is 14.5 Å². The molecule has 192 valence electrons. The maximum atomic E-state index is 13.2. The maximum absolute atomic E-state index is 13.2. The standard InChI is InChI=1S/C27H29N5O4S/c1-17(14-19-6-4-5-7-24(19)35-3)31(2)27(34)23-16-37-25(28-23)18-10-12-32(13-11-18)26(33)20-8-9-21-22(15-20)30-36-29-21/h4-9,15-18H,10-14H2,1-3H3. The average molecular weight is 520 g/mol. The largest absolute Gasteiger partial charge is 0.496 e. The lowest BCUT2D eigenvalue weighted by atomic mass is 9.97. The number of fused-ring (bicyclic) bond motifs is 1. The molecule has 5 rings (SSSR count). The number of likely N-dealkylation sites (N-methyl/N-ethyl adjacent to an activating group) is 1. The Bertz CT molecular complexity index is 1410. The van der Waals surface area contributed by atoms with Crippen molar-refractivity contribution in [3.05, 3.63) is 69.7 Å². The fraction of sp³-hybridized carbons (Fsp3) is 0.370. The minimum Gasteiger partial charge on any atom is -0.496 e. The van der Waals surface area contributed by atoms with E-state index in [1.165, 1.54) is 11.3 Å². The highest BCUT2D eigenvalue weighted by Gasteiger charge is 2.28. The summed E-state index contributed by atoms with van der Waals surface area (Å²) in [7, 11) is 3.47. The van der Waals surface area contributed by atoms with Crippen LogP contribution in [0.25, 0.3) is 11.0 Å². The van der Waals surface area contributed by atoms with Crippen molar-refractivity contribution in [2.45, 2.75) is 38.1 Å². The van der Waals surface area contributed by atoms with Crippen molar-refractivity contribution < 1.29 is 19.0 Å². The summed E-state index contributed by atoms with van der Waals surface area (Å²) < 4.78 is 10.2. The van der Waals surface area contributed by atoms with Gasteiger partial charge in [-0.05, 0) is 66.3 Å². The highest BCUT2D eigenvalue weighted by atomic mass is 32.1. The van der Waals surface area contributed by atoms with Gasteiger partial charge >= 0.3 is 0 Å². The number of thiazole rings is 1. The number of piperidine rings is 1. The first-order valence-corrected chi connectivity index (χ1v) is 13.2. The first kappa shape index (κ1) is 24.9. The van der Waals surface area contributed by atoms with E-state index in [1.54, 1.807) is 30.2 Å². The first-order chi connectivity index (χ1) is 17.9. The number of carbonyl (C=O) groups is 2. The summed E-state index contributed by atoms with van der Waals surface area (Å²) in [6.07, 6.45) is 2.30. The molecule has 2 amide bonds. The second-order valence-electron chi connectivity index (χ2n) is 9.39. The van der Waals surface area contributed by atoms with Gasteiger partial charge in [-0.2, -0.15) is 0 Å². The topological polar surface area (TPSA) is 102 Å². The summed E-state index contributed by atoms with van der Waals surface area (Å²) in [6, 6.07) is 13.1. The van der Waals surface area contributed by atoms with E-state index in [0.717, 1.165) is 29.2 Å². The molecule has 3 heterocycles. The highest BCUT2D eigenvalue weighted by Crippen LogP contribution is 2.31. The summed E-state index contributed by atoms with van der Waals surface area (Å²) in [5.41, 5.74) is 3.32. The van der Waals surface area contributed by atoms with Crippen molar-refractivity contribution >= 4 is 34.2 Å². The van der Waals surface area contributed by atoms with Gasteiger partial charge in [0.15, 0.2) is 0 Å². The Balaban J connectivity index is 1.18. The van der Waals surface area contributed by atoms with Gasteiger partial charge in [0.1, 0.15) is 22.5 Å². The Hall–Kier alpha value is -3.79. The first-order valence-electron chi connectivity index (χ1n) is 12.3. The normalized spacial score (nSPS) is 15.1. The van der Waals surface area contributed by atoms with Crippen molar-refractivity contribution in [1.29, 1.82) is 0 Å². The number of amides is 2. The number of nitrogens with zero attached hydrogens (tertiary/aromatic N) is 5. The number of hydrogen-bond acceptors (Lipinski definition) is 8. The summed E-state index contributed by atoms with van der Waals surface area (Å²) in [5.74, 6) is 0.945. The third-order valence-electron chi connectivity index (χ3n) is 7.06.